The smallest absolute Gasteiger partial charge is 0.339 e. The first-order valence-electron chi connectivity index (χ1n) is 10.5. The van der Waals surface area contributed by atoms with Gasteiger partial charge in [-0.2, -0.15) is 18.2 Å². The molecule has 7 nitrogen and oxygen atoms in total. The van der Waals surface area contributed by atoms with Crippen molar-refractivity contribution < 1.29 is 17.7 Å². The molecule has 2 aliphatic rings. The fraction of sp³-hybridized carbons (Fsp3) is 0.524. The Labute approximate surface area is 175 Å². The van der Waals surface area contributed by atoms with Gasteiger partial charge in [0, 0.05) is 5.92 Å². The van der Waals surface area contributed by atoms with Crippen molar-refractivity contribution in [1.82, 2.24) is 24.6 Å². The van der Waals surface area contributed by atoms with Crippen LogP contribution in [0.4, 0.5) is 13.2 Å². The van der Waals surface area contributed by atoms with Gasteiger partial charge in [-0.3, -0.25) is 14.3 Å². The van der Waals surface area contributed by atoms with Crippen LogP contribution in [0.3, 0.4) is 0 Å². The molecule has 1 saturated heterocycles. The van der Waals surface area contributed by atoms with Gasteiger partial charge in [0.15, 0.2) is 5.82 Å². The van der Waals surface area contributed by atoms with Gasteiger partial charge in [0.05, 0.1) is 23.5 Å². The summed E-state index contributed by atoms with van der Waals surface area (Å²) in [4.78, 5) is 23.9. The van der Waals surface area contributed by atoms with E-state index in [0.717, 1.165) is 30.3 Å². The van der Waals surface area contributed by atoms with E-state index in [1.165, 1.54) is 6.07 Å². The van der Waals surface area contributed by atoms with E-state index in [9.17, 15) is 18.0 Å². The van der Waals surface area contributed by atoms with Crippen LogP contribution in [0, 0.1) is 0 Å². The van der Waals surface area contributed by atoms with Crippen LogP contribution in [0.25, 0.3) is 10.9 Å². The Kier molecular flexibility index (Phi) is 5.04. The largest absolute Gasteiger partial charge is 0.406 e. The average Bonchev–Trinajstić information content (AvgIpc) is 3.32. The molecule has 31 heavy (non-hydrogen) atoms. The Morgan fingerprint density at radius 1 is 1.10 bits per heavy atom. The van der Waals surface area contributed by atoms with Crippen LogP contribution in [0.1, 0.15) is 61.6 Å². The summed E-state index contributed by atoms with van der Waals surface area (Å²) in [7, 11) is 0. The summed E-state index contributed by atoms with van der Waals surface area (Å²) in [6, 6.07) is 6.09. The predicted octanol–water partition coefficient (Wildman–Crippen LogP) is 3.95. The second-order valence-electron chi connectivity index (χ2n) is 8.30. The number of halogens is 3. The van der Waals surface area contributed by atoms with Gasteiger partial charge in [0.1, 0.15) is 12.4 Å². The molecule has 2 aromatic heterocycles. The molecule has 3 aromatic rings. The molecule has 1 aliphatic carbocycles. The van der Waals surface area contributed by atoms with Crippen LogP contribution < -0.4 is 5.56 Å². The number of para-hydroxylation sites is 1. The van der Waals surface area contributed by atoms with Crippen molar-refractivity contribution in [1.29, 1.82) is 0 Å². The molecule has 1 unspecified atom stereocenters. The van der Waals surface area contributed by atoms with Crippen LogP contribution in [0.15, 0.2) is 33.6 Å². The Balaban J connectivity index is 1.49. The maximum Gasteiger partial charge on any atom is 0.406 e. The van der Waals surface area contributed by atoms with Crippen molar-refractivity contribution >= 4 is 10.9 Å². The van der Waals surface area contributed by atoms with Crippen molar-refractivity contribution in [3.8, 4) is 0 Å². The maximum atomic E-state index is 13.3. The van der Waals surface area contributed by atoms with E-state index < -0.39 is 24.3 Å². The summed E-state index contributed by atoms with van der Waals surface area (Å²) >= 11 is 0. The minimum Gasteiger partial charge on any atom is -0.339 e. The fourth-order valence-electron chi connectivity index (χ4n) is 4.41. The van der Waals surface area contributed by atoms with Crippen molar-refractivity contribution in [2.24, 2.45) is 0 Å². The van der Waals surface area contributed by atoms with E-state index in [4.69, 9.17) is 4.52 Å². The lowest BCUT2D eigenvalue weighted by atomic mass is 9.85. The van der Waals surface area contributed by atoms with Gasteiger partial charge in [0.2, 0.25) is 5.89 Å². The number of fused-ring (bicyclic) bond motifs is 1. The number of likely N-dealkylation sites (tertiary alicyclic amines) is 1. The molecule has 164 valence electrons. The highest BCUT2D eigenvalue weighted by molar-refractivity contribution is 5.77. The highest BCUT2D eigenvalue weighted by Gasteiger charge is 2.36. The predicted molar refractivity (Wildman–Crippen MR) is 105 cm³/mol. The molecule has 1 saturated carbocycles. The van der Waals surface area contributed by atoms with E-state index >= 15 is 0 Å². The highest BCUT2D eigenvalue weighted by atomic mass is 19.4. The molecule has 2 fully saturated rings. The third kappa shape index (κ3) is 3.96. The monoisotopic (exact) mass is 433 g/mol. The third-order valence-corrected chi connectivity index (χ3v) is 6.17. The summed E-state index contributed by atoms with van der Waals surface area (Å²) in [5.74, 6) is 1.60. The lowest BCUT2D eigenvalue weighted by molar-refractivity contribution is -0.142. The van der Waals surface area contributed by atoms with Crippen LogP contribution in [0.5, 0.6) is 0 Å². The number of aromatic nitrogens is 4. The van der Waals surface area contributed by atoms with Crippen molar-refractivity contribution in [2.75, 3.05) is 6.54 Å². The van der Waals surface area contributed by atoms with Crippen LogP contribution in [0.2, 0.25) is 0 Å². The molecule has 10 heteroatoms. The van der Waals surface area contributed by atoms with Gasteiger partial charge >= 0.3 is 6.18 Å². The zero-order valence-corrected chi connectivity index (χ0v) is 16.8. The van der Waals surface area contributed by atoms with Gasteiger partial charge in [-0.05, 0) is 44.4 Å². The summed E-state index contributed by atoms with van der Waals surface area (Å²) < 4.78 is 46.1. The number of hydrogen-bond donors (Lipinski definition) is 0. The minimum absolute atomic E-state index is 0.140. The molecule has 0 N–H and O–H groups in total. The quantitative estimate of drug-likeness (QED) is 0.607. The third-order valence-electron chi connectivity index (χ3n) is 6.17. The number of rotatable bonds is 5. The zero-order valence-electron chi connectivity index (χ0n) is 16.8. The molecule has 0 amide bonds. The van der Waals surface area contributed by atoms with Gasteiger partial charge in [-0.1, -0.05) is 23.7 Å². The molecular weight excluding hydrogens is 411 g/mol. The lowest BCUT2D eigenvalue weighted by Crippen LogP contribution is -2.35. The second-order valence-corrected chi connectivity index (χ2v) is 8.30. The molecular formula is C21H22F3N5O2. The Morgan fingerprint density at radius 2 is 1.90 bits per heavy atom. The van der Waals surface area contributed by atoms with E-state index in [1.807, 2.05) is 4.90 Å². The van der Waals surface area contributed by atoms with E-state index in [0.29, 0.717) is 42.7 Å². The summed E-state index contributed by atoms with van der Waals surface area (Å²) in [5.41, 5.74) is -0.267. The van der Waals surface area contributed by atoms with Crippen LogP contribution in [-0.4, -0.2) is 37.3 Å². The normalized spacial score (nSPS) is 20.4. The topological polar surface area (TPSA) is 77.1 Å². The summed E-state index contributed by atoms with van der Waals surface area (Å²) in [5, 5.41) is 4.25. The maximum absolute atomic E-state index is 13.3. The van der Waals surface area contributed by atoms with Crippen LogP contribution >= 0.6 is 0 Å². The first-order chi connectivity index (χ1) is 14.9. The summed E-state index contributed by atoms with van der Waals surface area (Å²) in [6.45, 7) is -0.361. The van der Waals surface area contributed by atoms with Gasteiger partial charge in [0.25, 0.3) is 5.56 Å². The number of benzene rings is 1. The minimum atomic E-state index is -4.53. The van der Waals surface area contributed by atoms with Crippen molar-refractivity contribution in [3.05, 3.63) is 52.2 Å². The molecule has 1 aliphatic heterocycles. The lowest BCUT2D eigenvalue weighted by Gasteiger charge is -2.26. The first-order valence-corrected chi connectivity index (χ1v) is 10.5. The number of hydrogen-bond acceptors (Lipinski definition) is 6. The standard InChI is InChI=1S/C21H22F3N5O2/c22-21(23,24)12-29-18(25-15-8-2-1-7-14(15)20(29)30)16-9-4-10-28(16)11-17-26-19(31-27-17)13-5-3-6-13/h1-2,7-8,13,16H,3-6,9-12H2. The molecule has 0 bridgehead atoms. The average molecular weight is 433 g/mol. The zero-order chi connectivity index (χ0) is 21.6. The second kappa shape index (κ2) is 7.74. The molecule has 1 atom stereocenters. The van der Waals surface area contributed by atoms with Crippen molar-refractivity contribution in [3.63, 3.8) is 0 Å². The fourth-order valence-corrected chi connectivity index (χ4v) is 4.41. The van der Waals surface area contributed by atoms with E-state index in [2.05, 4.69) is 15.1 Å². The van der Waals surface area contributed by atoms with Crippen molar-refractivity contribution in [2.45, 2.75) is 63.3 Å². The first kappa shape index (κ1) is 20.2. The molecule has 3 heterocycles. The van der Waals surface area contributed by atoms with Crippen LogP contribution in [-0.2, 0) is 13.1 Å². The van der Waals surface area contributed by atoms with Gasteiger partial charge in [-0.15, -0.1) is 0 Å². The van der Waals surface area contributed by atoms with E-state index in [1.54, 1.807) is 18.2 Å². The number of alkyl halides is 3. The molecule has 0 radical (unpaired) electrons. The van der Waals surface area contributed by atoms with Gasteiger partial charge < -0.3 is 4.52 Å². The number of nitrogens with zero attached hydrogens (tertiary/aromatic N) is 5. The molecule has 1 aromatic carbocycles. The van der Waals surface area contributed by atoms with Gasteiger partial charge in [-0.25, -0.2) is 4.98 Å². The molecule has 5 rings (SSSR count). The van der Waals surface area contributed by atoms with E-state index in [-0.39, 0.29) is 11.2 Å². The SMILES string of the molecule is O=c1c2ccccc2nc(C2CCCN2Cc2noc(C3CCC3)n2)n1CC(F)(F)F. The Hall–Kier alpha value is -2.75. The highest BCUT2D eigenvalue weighted by Crippen LogP contribution is 2.36. The Morgan fingerprint density at radius 3 is 2.65 bits per heavy atom. The Bertz CT molecular complexity index is 1150. The summed E-state index contributed by atoms with van der Waals surface area (Å²) in [6.07, 6.45) is 0.0958. The molecule has 0 spiro atoms.